The van der Waals surface area contributed by atoms with Crippen LogP contribution >= 0.6 is 0 Å². The van der Waals surface area contributed by atoms with E-state index in [2.05, 4.69) is 481 Å². The van der Waals surface area contributed by atoms with Crippen LogP contribution in [0.3, 0.4) is 0 Å². The van der Waals surface area contributed by atoms with Crippen LogP contribution in [0.25, 0.3) is 84.1 Å². The van der Waals surface area contributed by atoms with Gasteiger partial charge >= 0.3 is 0 Å². The first-order valence-corrected chi connectivity index (χ1v) is 40.2. The zero-order chi connectivity index (χ0) is 80.8. The van der Waals surface area contributed by atoms with E-state index < -0.39 is 0 Å². The summed E-state index contributed by atoms with van der Waals surface area (Å²) in [6, 6.07) is 89.0. The van der Waals surface area contributed by atoms with Gasteiger partial charge < -0.3 is 0 Å². The molecule has 0 saturated heterocycles. The summed E-state index contributed by atoms with van der Waals surface area (Å²) in [6.45, 7) is 44.0. The average molecular weight is 1530 g/mol. The molecule has 10 nitrogen and oxygen atoms in total. The maximum absolute atomic E-state index is 2.51. The van der Waals surface area contributed by atoms with Gasteiger partial charge in [-0.05, 0) is 153 Å². The minimum absolute atomic E-state index is 0. The third kappa shape index (κ3) is 13.9. The third-order valence-electron chi connectivity index (χ3n) is 26.5. The first kappa shape index (κ1) is 83.0. The summed E-state index contributed by atoms with van der Waals surface area (Å²) in [7, 11) is 10.7. The van der Waals surface area contributed by atoms with Crippen LogP contribution in [0.4, 0.5) is 0 Å². The van der Waals surface area contributed by atoms with E-state index >= 15 is 0 Å². The van der Waals surface area contributed by atoms with Crippen LogP contribution in [0.2, 0.25) is 0 Å². The topological polar surface area (TPSA) is 44.0 Å². The van der Waals surface area contributed by atoms with Gasteiger partial charge in [-0.15, -0.1) is 46.8 Å². The third-order valence-corrected chi connectivity index (χ3v) is 26.5. The molecule has 0 atom stereocenters. The van der Waals surface area contributed by atoms with Gasteiger partial charge in [0.15, 0.2) is 41.4 Å². The second kappa shape index (κ2) is 31.4. The highest BCUT2D eigenvalue weighted by Crippen LogP contribution is 2.56. The lowest BCUT2D eigenvalue weighted by Crippen LogP contribution is -2.51. The zero-order valence-electron chi connectivity index (χ0n) is 71.5. The lowest BCUT2D eigenvalue weighted by Gasteiger charge is -2.46. The second-order valence-corrected chi connectivity index (χ2v) is 35.1. The molecule has 590 valence electrons. The molecule has 0 aliphatic carbocycles. The Balaban J connectivity index is 0.000000135. The fourth-order valence-electron chi connectivity index (χ4n) is 18.3. The standard InChI is InChI=1S/C31H35N2.C23H27N2.C17H23N2.C17H17N2.C15H15N2.2CH4/c1-20-17-21(2)19-24(18-20)28-26(23-14-10-9-11-15-23)29-31(6,7)30(4,5)25-16-12-13-22(3)27(25)33(29)32(28)8;1-16-11-10-14-19-20(16)25-21(23(4,5)22(19,2)3)18(15-24(25)6)17-12-8-7-9-13-17;1-12-8-7-9-13-15(12)19-14(10-11-18(19)6)17(4,5)16(13,2)3;1-14-8-6-7-11-16(14)19-13-12-17(18(19)2)15-9-4-3-5-10-15;1-12-7-3-5-9-14(12)17-15-10-6-4-8-13(15)11-16(17)2;;/h9-19H,1-8H3;7-15H,1-6H3;7-11H,1-6H3;3-13H,1-2H3;3-11H,1-2H3;2*1H4/q5*+1;;. The van der Waals surface area contributed by atoms with E-state index in [4.69, 9.17) is 0 Å². The van der Waals surface area contributed by atoms with Crippen molar-refractivity contribution in [2.24, 2.45) is 35.2 Å². The van der Waals surface area contributed by atoms with E-state index in [-0.39, 0.29) is 47.3 Å². The number of hydrogen-bond acceptors (Lipinski definition) is 0. The smallest absolute Gasteiger partial charge is 0.128 e. The summed E-state index contributed by atoms with van der Waals surface area (Å²) in [5.74, 6) is 0. The van der Waals surface area contributed by atoms with Crippen molar-refractivity contribution in [2.45, 2.75) is 179 Å². The molecule has 18 rings (SSSR count). The summed E-state index contributed by atoms with van der Waals surface area (Å²) in [5, 5.41) is 1.26. The number of aryl methyl sites for hydroxylation is 10. The fraction of sp³-hybridized carbons (Fsp3) is 0.305. The van der Waals surface area contributed by atoms with Crippen molar-refractivity contribution >= 4 is 10.9 Å². The van der Waals surface area contributed by atoms with Crippen molar-refractivity contribution in [1.29, 1.82) is 0 Å². The van der Waals surface area contributed by atoms with E-state index in [0.29, 0.717) is 0 Å². The van der Waals surface area contributed by atoms with Crippen molar-refractivity contribution in [3.63, 3.8) is 0 Å². The van der Waals surface area contributed by atoms with Gasteiger partial charge in [0, 0.05) is 55.7 Å². The fourth-order valence-corrected chi connectivity index (χ4v) is 18.3. The average Bonchev–Trinajstić information content (AvgIpc) is 1.57. The molecular formula is C105H125N10+5. The Kier molecular flexibility index (Phi) is 22.6. The number of rotatable bonds is 6. The summed E-state index contributed by atoms with van der Waals surface area (Å²) in [4.78, 5) is 0. The molecular weight excluding hydrogens is 1400 g/mol. The molecule has 0 bridgehead atoms. The highest BCUT2D eigenvalue weighted by Gasteiger charge is 2.55. The molecule has 3 aliphatic rings. The van der Waals surface area contributed by atoms with E-state index in [1.165, 1.54) is 157 Å². The number of fused-ring (bicyclic) bond motifs is 10. The first-order valence-electron chi connectivity index (χ1n) is 40.2. The molecule has 3 aliphatic heterocycles. The van der Waals surface area contributed by atoms with Gasteiger partial charge in [-0.1, -0.05) is 297 Å². The highest BCUT2D eigenvalue weighted by molar-refractivity contribution is 5.84. The number of hydrogen-bond donors (Lipinski definition) is 0. The number of aromatic nitrogens is 10. The van der Waals surface area contributed by atoms with Crippen molar-refractivity contribution in [3.05, 3.63) is 346 Å². The molecule has 0 fully saturated rings. The minimum Gasteiger partial charge on any atom is -0.128 e. The summed E-state index contributed by atoms with van der Waals surface area (Å²) < 4.78 is 22.9. The molecule has 0 unspecified atom stereocenters. The van der Waals surface area contributed by atoms with Gasteiger partial charge in [-0.2, -0.15) is 0 Å². The number of para-hydroxylation sites is 6. The largest absolute Gasteiger partial charge is 0.246 e. The normalized spacial score (nSPS) is 14.7. The van der Waals surface area contributed by atoms with Crippen molar-refractivity contribution in [3.8, 4) is 73.2 Å². The predicted octanol–water partition coefficient (Wildman–Crippen LogP) is 22.5. The Morgan fingerprint density at radius 2 is 0.730 bits per heavy atom. The quantitative estimate of drug-likeness (QED) is 0.149. The van der Waals surface area contributed by atoms with Crippen LogP contribution in [0.15, 0.2) is 274 Å². The molecule has 0 amide bonds. The predicted molar refractivity (Wildman–Crippen MR) is 479 cm³/mol. The molecule has 0 radical (unpaired) electrons. The van der Waals surface area contributed by atoms with Crippen molar-refractivity contribution in [2.75, 3.05) is 0 Å². The Bertz CT molecular complexity index is 6050. The Morgan fingerprint density at radius 1 is 0.304 bits per heavy atom. The van der Waals surface area contributed by atoms with E-state index in [0.717, 1.165) is 0 Å². The zero-order valence-corrected chi connectivity index (χ0v) is 71.5. The van der Waals surface area contributed by atoms with Crippen LogP contribution in [0.1, 0.15) is 171 Å². The number of nitrogens with zero attached hydrogens (tertiary/aromatic N) is 10. The second-order valence-electron chi connectivity index (χ2n) is 35.1. The summed E-state index contributed by atoms with van der Waals surface area (Å²) in [6.07, 6.45) is 8.71. The number of benzene rings is 10. The lowest BCUT2D eigenvalue weighted by molar-refractivity contribution is -0.745. The Morgan fingerprint density at radius 3 is 1.26 bits per heavy atom. The van der Waals surface area contributed by atoms with E-state index in [1.54, 1.807) is 0 Å². The Hall–Kier alpha value is -11.5. The van der Waals surface area contributed by atoms with Gasteiger partial charge in [0.05, 0.1) is 28.4 Å². The molecule has 0 spiro atoms. The van der Waals surface area contributed by atoms with Gasteiger partial charge in [0.2, 0.25) is 23.8 Å². The minimum atomic E-state index is -0.0894. The molecule has 5 aromatic heterocycles. The van der Waals surface area contributed by atoms with Gasteiger partial charge in [-0.25, -0.2) is 0 Å². The molecule has 10 aromatic carbocycles. The monoisotopic (exact) mass is 1530 g/mol. The van der Waals surface area contributed by atoms with Crippen molar-refractivity contribution < 1.29 is 23.4 Å². The van der Waals surface area contributed by atoms with Crippen LogP contribution < -0.4 is 23.4 Å². The first-order chi connectivity index (χ1) is 53.6. The van der Waals surface area contributed by atoms with Gasteiger partial charge in [-0.3, -0.25) is 0 Å². The maximum atomic E-state index is 2.51. The van der Waals surface area contributed by atoms with Crippen LogP contribution in [-0.4, -0.2) is 23.4 Å². The highest BCUT2D eigenvalue weighted by atomic mass is 15.4. The van der Waals surface area contributed by atoms with Crippen LogP contribution in [-0.2, 0) is 67.7 Å². The lowest BCUT2D eigenvalue weighted by atomic mass is 9.59. The van der Waals surface area contributed by atoms with Crippen molar-refractivity contribution in [1.82, 2.24) is 23.4 Å². The molecule has 8 heterocycles. The molecule has 0 saturated carbocycles. The summed E-state index contributed by atoms with van der Waals surface area (Å²) >= 11 is 0. The SMILES string of the molecule is C.C.Cc1cc(C)cc(-c2c(-c3ccccc3)c3n([n+]2C)-c2c(C)cccc2C(C)(C)C3(C)C)c1.Cc1cccc2c1-n1c(c(-c3ccccc3)c[n+]1C)C(C)(C)C2(C)C.Cc1cccc2c1-n1c(cc[n+]1C)C(C)(C)C2(C)C.Cc1ccccc1-n1c2ccccc2c[n+]1C.Cc1ccccc1-n1ccc(-c2ccccc2)[n+]1C. The Labute approximate surface area is 687 Å². The molecule has 15 aromatic rings. The van der Waals surface area contributed by atoms with E-state index in [1.807, 2.05) is 6.07 Å². The van der Waals surface area contributed by atoms with Gasteiger partial charge in [0.1, 0.15) is 45.3 Å². The summed E-state index contributed by atoms with van der Waals surface area (Å²) in [5.41, 5.74) is 35.7. The van der Waals surface area contributed by atoms with Crippen LogP contribution in [0, 0.1) is 48.5 Å². The van der Waals surface area contributed by atoms with E-state index in [9.17, 15) is 0 Å². The molecule has 0 N–H and O–H groups in total. The van der Waals surface area contributed by atoms with Crippen LogP contribution in [0.5, 0.6) is 0 Å². The maximum Gasteiger partial charge on any atom is 0.246 e. The van der Waals surface area contributed by atoms with Gasteiger partial charge in [0.25, 0.3) is 0 Å². The molecule has 115 heavy (non-hydrogen) atoms. The molecule has 10 heteroatoms.